The highest BCUT2D eigenvalue weighted by atomic mass is 35.5. The number of halogens is 1. The number of benzene rings is 2. The van der Waals surface area contributed by atoms with Gasteiger partial charge in [-0.15, -0.1) is 0 Å². The average molecular weight is 384 g/mol. The number of nitrogens with zero attached hydrogens (tertiary/aromatic N) is 2. The van der Waals surface area contributed by atoms with Crippen LogP contribution in [0.2, 0.25) is 5.02 Å². The molecule has 4 rings (SSSR count). The van der Waals surface area contributed by atoms with Gasteiger partial charge in [0.1, 0.15) is 6.04 Å². The first-order chi connectivity index (χ1) is 13.1. The maximum Gasteiger partial charge on any atom is 0.244 e. The number of carbonyl (C=O) groups is 1. The lowest BCUT2D eigenvalue weighted by molar-refractivity contribution is -0.133. The van der Waals surface area contributed by atoms with Crippen molar-refractivity contribution in [1.82, 2.24) is 15.1 Å². The molecular formula is C20H22ClN5O. The summed E-state index contributed by atoms with van der Waals surface area (Å²) in [5.74, 6) is -0.0611. The van der Waals surface area contributed by atoms with Gasteiger partial charge in [-0.25, -0.2) is 0 Å². The lowest BCUT2D eigenvalue weighted by Gasteiger charge is -2.35. The van der Waals surface area contributed by atoms with Gasteiger partial charge in [-0.1, -0.05) is 23.7 Å². The molecule has 2 unspecified atom stereocenters. The molecule has 1 aliphatic rings. The zero-order chi connectivity index (χ0) is 18.8. The van der Waals surface area contributed by atoms with Gasteiger partial charge in [0.2, 0.25) is 5.91 Å². The monoisotopic (exact) mass is 383 g/mol. The lowest BCUT2D eigenvalue weighted by Crippen LogP contribution is -2.48. The van der Waals surface area contributed by atoms with Gasteiger partial charge < -0.3 is 16.0 Å². The van der Waals surface area contributed by atoms with E-state index < -0.39 is 6.04 Å². The fourth-order valence-corrected chi connectivity index (χ4v) is 3.80. The summed E-state index contributed by atoms with van der Waals surface area (Å²) in [6.07, 6.45) is 3.76. The Morgan fingerprint density at radius 2 is 2.22 bits per heavy atom. The first kappa shape index (κ1) is 17.8. The molecule has 2 heterocycles. The van der Waals surface area contributed by atoms with E-state index in [1.165, 1.54) is 0 Å². The van der Waals surface area contributed by atoms with E-state index in [1.807, 2.05) is 29.2 Å². The van der Waals surface area contributed by atoms with Crippen LogP contribution in [0.25, 0.3) is 10.9 Å². The fraction of sp³-hybridized carbons (Fsp3) is 0.300. The highest BCUT2D eigenvalue weighted by Gasteiger charge is 2.28. The van der Waals surface area contributed by atoms with Gasteiger partial charge in [0.25, 0.3) is 0 Å². The molecule has 0 saturated carbocycles. The third kappa shape index (κ3) is 3.91. The zero-order valence-electron chi connectivity index (χ0n) is 14.9. The topological polar surface area (TPSA) is 87.0 Å². The number of nitrogens with two attached hydrogens (primary N) is 1. The fourth-order valence-electron chi connectivity index (χ4n) is 3.60. The second-order valence-corrected chi connectivity index (χ2v) is 7.41. The van der Waals surface area contributed by atoms with E-state index in [0.29, 0.717) is 11.6 Å². The third-order valence-corrected chi connectivity index (χ3v) is 5.25. The Morgan fingerprint density at radius 1 is 1.33 bits per heavy atom. The molecule has 1 aromatic heterocycles. The van der Waals surface area contributed by atoms with E-state index in [0.717, 1.165) is 41.5 Å². The summed E-state index contributed by atoms with van der Waals surface area (Å²) in [5, 5.41) is 12.2. The number of H-pyrrole nitrogens is 1. The van der Waals surface area contributed by atoms with E-state index in [2.05, 4.69) is 21.6 Å². The van der Waals surface area contributed by atoms with Crippen molar-refractivity contribution in [2.24, 2.45) is 5.73 Å². The van der Waals surface area contributed by atoms with Gasteiger partial charge in [0.05, 0.1) is 11.7 Å². The number of hydrogen-bond acceptors (Lipinski definition) is 4. The summed E-state index contributed by atoms with van der Waals surface area (Å²) in [5.41, 5.74) is 8.99. The Hall–Kier alpha value is -2.57. The normalized spacial score (nSPS) is 18.4. The van der Waals surface area contributed by atoms with Crippen LogP contribution in [0.3, 0.4) is 0 Å². The summed E-state index contributed by atoms with van der Waals surface area (Å²) < 4.78 is 0. The van der Waals surface area contributed by atoms with Crippen LogP contribution in [0.4, 0.5) is 5.69 Å². The van der Waals surface area contributed by atoms with Crippen molar-refractivity contribution < 1.29 is 4.79 Å². The summed E-state index contributed by atoms with van der Waals surface area (Å²) in [4.78, 5) is 14.7. The SMILES string of the molecule is NC(C(=O)N1CCCC(Nc2ccc3[nH]ncc3c2)C1)c1cccc(Cl)c1. The highest BCUT2D eigenvalue weighted by molar-refractivity contribution is 6.30. The molecule has 2 atom stereocenters. The van der Waals surface area contributed by atoms with Crippen molar-refractivity contribution in [1.29, 1.82) is 0 Å². The first-order valence-electron chi connectivity index (χ1n) is 9.09. The predicted molar refractivity (Wildman–Crippen MR) is 108 cm³/mol. The van der Waals surface area contributed by atoms with E-state index in [1.54, 1.807) is 18.3 Å². The average Bonchev–Trinajstić information content (AvgIpc) is 3.15. The lowest BCUT2D eigenvalue weighted by atomic mass is 10.0. The van der Waals surface area contributed by atoms with Gasteiger partial charge in [0, 0.05) is 35.2 Å². The molecule has 7 heteroatoms. The Balaban J connectivity index is 1.43. The summed E-state index contributed by atoms with van der Waals surface area (Å²) in [6.45, 7) is 1.36. The number of fused-ring (bicyclic) bond motifs is 1. The highest BCUT2D eigenvalue weighted by Crippen LogP contribution is 2.23. The molecule has 27 heavy (non-hydrogen) atoms. The zero-order valence-corrected chi connectivity index (χ0v) is 15.6. The number of likely N-dealkylation sites (tertiary alicyclic amines) is 1. The Labute approximate surface area is 162 Å². The number of aromatic nitrogens is 2. The Bertz CT molecular complexity index is 956. The van der Waals surface area contributed by atoms with Crippen molar-refractivity contribution >= 4 is 34.1 Å². The van der Waals surface area contributed by atoms with E-state index >= 15 is 0 Å². The number of piperidine rings is 1. The minimum Gasteiger partial charge on any atom is -0.381 e. The van der Waals surface area contributed by atoms with E-state index in [9.17, 15) is 4.79 Å². The molecule has 0 spiro atoms. The number of anilines is 1. The molecule has 2 aromatic carbocycles. The molecule has 3 aromatic rings. The van der Waals surface area contributed by atoms with Crippen molar-refractivity contribution in [3.63, 3.8) is 0 Å². The number of hydrogen-bond donors (Lipinski definition) is 3. The van der Waals surface area contributed by atoms with Crippen LogP contribution < -0.4 is 11.1 Å². The van der Waals surface area contributed by atoms with Gasteiger partial charge in [-0.2, -0.15) is 5.10 Å². The van der Waals surface area contributed by atoms with Gasteiger partial charge in [0.15, 0.2) is 0 Å². The van der Waals surface area contributed by atoms with Crippen LogP contribution in [-0.2, 0) is 4.79 Å². The number of aromatic amines is 1. The van der Waals surface area contributed by atoms with Crippen molar-refractivity contribution in [3.05, 3.63) is 59.2 Å². The third-order valence-electron chi connectivity index (χ3n) is 5.02. The Morgan fingerprint density at radius 3 is 3.07 bits per heavy atom. The van der Waals surface area contributed by atoms with Gasteiger partial charge >= 0.3 is 0 Å². The quantitative estimate of drug-likeness (QED) is 0.645. The van der Waals surface area contributed by atoms with Crippen LogP contribution in [0.5, 0.6) is 0 Å². The predicted octanol–water partition coefficient (Wildman–Crippen LogP) is 3.32. The minimum atomic E-state index is -0.690. The standard InChI is InChI=1S/C20H22ClN5O/c21-15-4-1-3-13(9-15)19(22)20(27)26-8-2-5-17(12-26)24-16-6-7-18-14(10-16)11-23-25-18/h1,3-4,6-7,9-11,17,19,24H,2,5,8,12,22H2,(H,23,25). The molecule has 0 radical (unpaired) electrons. The molecule has 1 aliphatic heterocycles. The molecule has 1 saturated heterocycles. The van der Waals surface area contributed by atoms with Crippen molar-refractivity contribution in [2.75, 3.05) is 18.4 Å². The maximum absolute atomic E-state index is 12.9. The molecule has 6 nitrogen and oxygen atoms in total. The number of carbonyl (C=O) groups excluding carboxylic acids is 1. The number of rotatable bonds is 4. The van der Waals surface area contributed by atoms with Crippen molar-refractivity contribution in [3.8, 4) is 0 Å². The van der Waals surface area contributed by atoms with Crippen LogP contribution in [0, 0.1) is 0 Å². The molecule has 1 fully saturated rings. The summed E-state index contributed by atoms with van der Waals surface area (Å²) >= 11 is 6.03. The molecule has 1 amide bonds. The smallest absolute Gasteiger partial charge is 0.244 e. The molecule has 4 N–H and O–H groups in total. The molecule has 0 aliphatic carbocycles. The van der Waals surface area contributed by atoms with Gasteiger partial charge in [-0.3, -0.25) is 9.89 Å². The summed E-state index contributed by atoms with van der Waals surface area (Å²) in [6, 6.07) is 12.8. The summed E-state index contributed by atoms with van der Waals surface area (Å²) in [7, 11) is 0. The molecule has 140 valence electrons. The van der Waals surface area contributed by atoms with E-state index in [-0.39, 0.29) is 11.9 Å². The number of nitrogens with one attached hydrogen (secondary N) is 2. The maximum atomic E-state index is 12.9. The van der Waals surface area contributed by atoms with Crippen LogP contribution in [-0.4, -0.2) is 40.1 Å². The second kappa shape index (κ2) is 7.58. The van der Waals surface area contributed by atoms with Gasteiger partial charge in [-0.05, 0) is 48.7 Å². The minimum absolute atomic E-state index is 0.0611. The van der Waals surface area contributed by atoms with Crippen molar-refractivity contribution in [2.45, 2.75) is 24.9 Å². The molecule has 0 bridgehead atoms. The van der Waals surface area contributed by atoms with E-state index in [4.69, 9.17) is 17.3 Å². The Kier molecular flexibility index (Phi) is 5.01. The second-order valence-electron chi connectivity index (χ2n) is 6.97. The number of amides is 1. The first-order valence-corrected chi connectivity index (χ1v) is 9.47. The largest absolute Gasteiger partial charge is 0.381 e. The molecular weight excluding hydrogens is 362 g/mol. The van der Waals surface area contributed by atoms with Crippen LogP contribution in [0.1, 0.15) is 24.4 Å². The van der Waals surface area contributed by atoms with Crippen LogP contribution in [0.15, 0.2) is 48.7 Å². The van der Waals surface area contributed by atoms with Crippen LogP contribution >= 0.6 is 11.6 Å².